The van der Waals surface area contributed by atoms with Gasteiger partial charge in [0.15, 0.2) is 5.75 Å². The number of hydrogen-bond donors (Lipinski definition) is 2. The summed E-state index contributed by atoms with van der Waals surface area (Å²) >= 11 is 0. The normalized spacial score (nSPS) is 18.0. The van der Waals surface area contributed by atoms with Gasteiger partial charge in [0, 0.05) is 0 Å². The molecule has 24 heavy (non-hydrogen) atoms. The molecule has 4 nitrogen and oxygen atoms in total. The SMILES string of the molecule is CCCCCOc1cc2c(cc1OB(O)O)C(C)(C)CCC2(C)C. The Labute approximate surface area is 146 Å². The molecule has 0 aromatic heterocycles. The van der Waals surface area contributed by atoms with E-state index >= 15 is 0 Å². The molecule has 0 unspecified atom stereocenters. The van der Waals surface area contributed by atoms with Crippen LogP contribution < -0.4 is 9.39 Å². The first-order valence-electron chi connectivity index (χ1n) is 9.02. The van der Waals surface area contributed by atoms with Crippen molar-refractivity contribution in [1.82, 2.24) is 0 Å². The highest BCUT2D eigenvalue weighted by atomic mass is 16.6. The van der Waals surface area contributed by atoms with Gasteiger partial charge in [-0.25, -0.2) is 0 Å². The summed E-state index contributed by atoms with van der Waals surface area (Å²) in [4.78, 5) is 0. The average Bonchev–Trinajstić information content (AvgIpc) is 2.48. The lowest BCUT2D eigenvalue weighted by molar-refractivity contribution is 0.260. The molecule has 0 radical (unpaired) electrons. The molecule has 0 saturated heterocycles. The predicted molar refractivity (Wildman–Crippen MR) is 97.6 cm³/mol. The summed E-state index contributed by atoms with van der Waals surface area (Å²) in [7, 11) is -1.85. The van der Waals surface area contributed by atoms with Gasteiger partial charge in [0.2, 0.25) is 0 Å². The Morgan fingerprint density at radius 2 is 1.50 bits per heavy atom. The second kappa shape index (κ2) is 7.36. The van der Waals surface area contributed by atoms with E-state index in [9.17, 15) is 10.0 Å². The van der Waals surface area contributed by atoms with Gasteiger partial charge >= 0.3 is 7.32 Å². The van der Waals surface area contributed by atoms with Gasteiger partial charge in [-0.1, -0.05) is 47.5 Å². The lowest BCUT2D eigenvalue weighted by Crippen LogP contribution is -2.34. The fourth-order valence-corrected chi connectivity index (χ4v) is 3.43. The first kappa shape index (κ1) is 19.1. The van der Waals surface area contributed by atoms with Crippen LogP contribution >= 0.6 is 0 Å². The van der Waals surface area contributed by atoms with Crippen LogP contribution in [0.3, 0.4) is 0 Å². The van der Waals surface area contributed by atoms with Crippen molar-refractivity contribution in [2.75, 3.05) is 6.61 Å². The van der Waals surface area contributed by atoms with Crippen LogP contribution in [0.15, 0.2) is 12.1 Å². The molecule has 1 aromatic carbocycles. The minimum absolute atomic E-state index is 0.0319. The van der Waals surface area contributed by atoms with E-state index in [1.807, 2.05) is 12.1 Å². The highest BCUT2D eigenvalue weighted by molar-refractivity contribution is 6.33. The number of ether oxygens (including phenoxy) is 1. The third kappa shape index (κ3) is 4.25. The molecule has 0 aliphatic heterocycles. The van der Waals surface area contributed by atoms with E-state index in [1.54, 1.807) is 0 Å². The maximum Gasteiger partial charge on any atom is 0.707 e. The maximum absolute atomic E-state index is 9.25. The van der Waals surface area contributed by atoms with Crippen LogP contribution in [0.5, 0.6) is 11.5 Å². The van der Waals surface area contributed by atoms with Crippen molar-refractivity contribution in [2.24, 2.45) is 0 Å². The predicted octanol–water partition coefficient (Wildman–Crippen LogP) is 3.95. The number of benzene rings is 1. The zero-order valence-electron chi connectivity index (χ0n) is 15.7. The Bertz CT molecular complexity index is 567. The Balaban J connectivity index is 2.41. The summed E-state index contributed by atoms with van der Waals surface area (Å²) in [6.45, 7) is 11.7. The average molecular weight is 334 g/mol. The first-order valence-corrected chi connectivity index (χ1v) is 9.02. The van der Waals surface area contributed by atoms with Crippen LogP contribution in [-0.4, -0.2) is 24.0 Å². The van der Waals surface area contributed by atoms with Gasteiger partial charge in [0.25, 0.3) is 0 Å². The summed E-state index contributed by atoms with van der Waals surface area (Å²) in [5.74, 6) is 1.01. The van der Waals surface area contributed by atoms with Gasteiger partial charge in [-0.3, -0.25) is 0 Å². The number of fused-ring (bicyclic) bond motifs is 1. The molecule has 1 aromatic rings. The lowest BCUT2D eigenvalue weighted by atomic mass is 9.63. The number of unbranched alkanes of at least 4 members (excludes halogenated alkanes) is 2. The van der Waals surface area contributed by atoms with E-state index in [0.717, 1.165) is 32.1 Å². The van der Waals surface area contributed by atoms with Gasteiger partial charge in [-0.05, 0) is 53.4 Å². The second-order valence-electron chi connectivity index (χ2n) is 8.11. The molecule has 0 atom stereocenters. The van der Waals surface area contributed by atoms with Gasteiger partial charge in [-0.2, -0.15) is 0 Å². The Kier molecular flexibility index (Phi) is 5.87. The van der Waals surface area contributed by atoms with E-state index < -0.39 is 7.32 Å². The van der Waals surface area contributed by atoms with E-state index in [2.05, 4.69) is 34.6 Å². The third-order valence-corrected chi connectivity index (χ3v) is 5.15. The topological polar surface area (TPSA) is 58.9 Å². The summed E-state index contributed by atoms with van der Waals surface area (Å²) in [6, 6.07) is 3.98. The van der Waals surface area contributed by atoms with Crippen LogP contribution in [0.1, 0.15) is 77.8 Å². The minimum atomic E-state index is -1.85. The molecule has 2 N–H and O–H groups in total. The van der Waals surface area contributed by atoms with Gasteiger partial charge < -0.3 is 19.4 Å². The molecule has 1 aliphatic rings. The highest BCUT2D eigenvalue weighted by Gasteiger charge is 2.38. The van der Waals surface area contributed by atoms with Gasteiger partial charge in [0.05, 0.1) is 6.61 Å². The van der Waals surface area contributed by atoms with Crippen LogP contribution in [0.25, 0.3) is 0 Å². The second-order valence-corrected chi connectivity index (χ2v) is 8.11. The molecular formula is C19H31BO4. The highest BCUT2D eigenvalue weighted by Crippen LogP contribution is 2.49. The summed E-state index contributed by atoms with van der Waals surface area (Å²) in [5, 5.41) is 18.5. The molecular weight excluding hydrogens is 303 g/mol. The Morgan fingerprint density at radius 3 is 2.00 bits per heavy atom. The van der Waals surface area contributed by atoms with Crippen molar-refractivity contribution < 1.29 is 19.4 Å². The lowest BCUT2D eigenvalue weighted by Gasteiger charge is -2.42. The largest absolute Gasteiger partial charge is 0.707 e. The first-order chi connectivity index (χ1) is 11.2. The van der Waals surface area contributed by atoms with Gasteiger partial charge in [-0.15, -0.1) is 0 Å². The van der Waals surface area contributed by atoms with Crippen LogP contribution in [0, 0.1) is 0 Å². The van der Waals surface area contributed by atoms with Gasteiger partial charge in [0.1, 0.15) is 5.75 Å². The monoisotopic (exact) mass is 334 g/mol. The quantitative estimate of drug-likeness (QED) is 0.585. The van der Waals surface area contributed by atoms with E-state index in [0.29, 0.717) is 18.1 Å². The van der Waals surface area contributed by atoms with Crippen molar-refractivity contribution in [3.8, 4) is 11.5 Å². The van der Waals surface area contributed by atoms with Crippen molar-refractivity contribution in [3.05, 3.63) is 23.3 Å². The summed E-state index contributed by atoms with van der Waals surface area (Å²) in [6.07, 6.45) is 5.43. The molecule has 0 fully saturated rings. The van der Waals surface area contributed by atoms with Crippen molar-refractivity contribution in [3.63, 3.8) is 0 Å². The molecule has 0 saturated carbocycles. The van der Waals surface area contributed by atoms with Crippen molar-refractivity contribution in [2.45, 2.75) is 77.6 Å². The van der Waals surface area contributed by atoms with Crippen molar-refractivity contribution >= 4 is 7.32 Å². The zero-order valence-corrected chi connectivity index (χ0v) is 15.7. The Hall–Kier alpha value is -1.20. The molecule has 0 spiro atoms. The minimum Gasteiger partial charge on any atom is -0.509 e. The molecule has 1 aliphatic carbocycles. The molecule has 0 heterocycles. The van der Waals surface area contributed by atoms with Crippen molar-refractivity contribution in [1.29, 1.82) is 0 Å². The molecule has 2 rings (SSSR count). The Morgan fingerprint density at radius 1 is 0.958 bits per heavy atom. The molecule has 134 valence electrons. The third-order valence-electron chi connectivity index (χ3n) is 5.15. The van der Waals surface area contributed by atoms with Crippen LogP contribution in [0.4, 0.5) is 0 Å². The van der Waals surface area contributed by atoms with Crippen LogP contribution in [0.2, 0.25) is 0 Å². The fraction of sp³-hybridized carbons (Fsp3) is 0.684. The van der Waals surface area contributed by atoms with E-state index in [4.69, 9.17) is 9.39 Å². The van der Waals surface area contributed by atoms with E-state index in [-0.39, 0.29) is 10.8 Å². The molecule has 0 amide bonds. The maximum atomic E-state index is 9.25. The standard InChI is InChI=1S/C19H31BO4/c1-6-7-8-11-23-16-12-14-15(13-17(16)24-20(21)22)19(4,5)10-9-18(14,2)3/h12-13,21-22H,6-11H2,1-5H3. The fourth-order valence-electron chi connectivity index (χ4n) is 3.43. The molecule has 0 bridgehead atoms. The summed E-state index contributed by atoms with van der Waals surface area (Å²) in [5.41, 5.74) is 2.58. The summed E-state index contributed by atoms with van der Waals surface area (Å²) < 4.78 is 11.1. The smallest absolute Gasteiger partial charge is 0.509 e. The zero-order chi connectivity index (χ0) is 18.0. The van der Waals surface area contributed by atoms with Crippen LogP contribution in [-0.2, 0) is 10.8 Å². The number of rotatable bonds is 7. The molecule has 5 heteroatoms. The van der Waals surface area contributed by atoms with E-state index in [1.165, 1.54) is 11.1 Å². The number of hydrogen-bond acceptors (Lipinski definition) is 4.